The summed E-state index contributed by atoms with van der Waals surface area (Å²) in [6, 6.07) is 1.92. The summed E-state index contributed by atoms with van der Waals surface area (Å²) >= 11 is 0. The minimum absolute atomic E-state index is 0. The highest BCUT2D eigenvalue weighted by Gasteiger charge is 2.45. The fourth-order valence-electron chi connectivity index (χ4n) is 3.36. The van der Waals surface area contributed by atoms with Crippen LogP contribution in [0, 0.1) is 5.92 Å². The lowest BCUT2D eigenvalue weighted by Gasteiger charge is -2.40. The topological polar surface area (TPSA) is 50.2 Å². The van der Waals surface area contributed by atoms with Crippen LogP contribution in [0.3, 0.4) is 0 Å². The predicted molar refractivity (Wildman–Crippen MR) is 89.1 cm³/mol. The van der Waals surface area contributed by atoms with Gasteiger partial charge in [0.05, 0.1) is 0 Å². The van der Waals surface area contributed by atoms with Crippen molar-refractivity contribution >= 4 is 18.3 Å². The number of rotatable bonds is 6. The summed E-state index contributed by atoms with van der Waals surface area (Å²) in [5.74, 6) is 1.01. The predicted octanol–water partition coefficient (Wildman–Crippen LogP) is 2.03. The molecule has 0 aromatic carbocycles. The molecule has 2 heterocycles. The number of carbonyl (C=O) groups is 1. The lowest BCUT2D eigenvalue weighted by molar-refractivity contribution is -0.143. The van der Waals surface area contributed by atoms with Crippen molar-refractivity contribution in [2.24, 2.45) is 5.92 Å². The number of halogens is 1. The first-order valence-electron chi connectivity index (χ1n) is 8.26. The van der Waals surface area contributed by atoms with Gasteiger partial charge in [0, 0.05) is 25.5 Å². The van der Waals surface area contributed by atoms with E-state index >= 15 is 0 Å². The molecule has 0 spiro atoms. The SMILES string of the molecule is CCCN(CC1CC1)C(=O)C1(n2cccn2)CCNCC1.Cl. The zero-order valence-electron chi connectivity index (χ0n) is 13.3. The second kappa shape index (κ2) is 7.47. The van der Waals surface area contributed by atoms with Gasteiger partial charge in [-0.3, -0.25) is 9.48 Å². The molecule has 0 unspecified atom stereocenters. The van der Waals surface area contributed by atoms with Gasteiger partial charge in [-0.05, 0) is 57.2 Å². The van der Waals surface area contributed by atoms with Crippen LogP contribution in [-0.4, -0.2) is 46.8 Å². The molecule has 22 heavy (non-hydrogen) atoms. The first-order chi connectivity index (χ1) is 10.3. The van der Waals surface area contributed by atoms with Gasteiger partial charge in [-0.2, -0.15) is 5.10 Å². The maximum absolute atomic E-state index is 13.3. The summed E-state index contributed by atoms with van der Waals surface area (Å²) in [4.78, 5) is 15.4. The molecule has 0 radical (unpaired) electrons. The van der Waals surface area contributed by atoms with Crippen molar-refractivity contribution in [3.8, 4) is 0 Å². The Morgan fingerprint density at radius 3 is 2.68 bits per heavy atom. The minimum Gasteiger partial charge on any atom is -0.340 e. The Hall–Kier alpha value is -1.07. The van der Waals surface area contributed by atoms with Gasteiger partial charge >= 0.3 is 0 Å². The number of nitrogens with one attached hydrogen (secondary N) is 1. The number of nitrogens with zero attached hydrogens (tertiary/aromatic N) is 3. The third-order valence-electron chi connectivity index (χ3n) is 4.73. The van der Waals surface area contributed by atoms with Crippen molar-refractivity contribution in [3.63, 3.8) is 0 Å². The van der Waals surface area contributed by atoms with E-state index in [0.717, 1.165) is 51.4 Å². The molecule has 1 saturated heterocycles. The Kier molecular flexibility index (Phi) is 5.87. The highest BCUT2D eigenvalue weighted by Crippen LogP contribution is 2.34. The molecule has 1 aromatic rings. The van der Waals surface area contributed by atoms with Gasteiger partial charge in [-0.15, -0.1) is 12.4 Å². The number of aromatic nitrogens is 2. The summed E-state index contributed by atoms with van der Waals surface area (Å²) in [6.45, 7) is 5.72. The van der Waals surface area contributed by atoms with Crippen LogP contribution in [0.2, 0.25) is 0 Å². The lowest BCUT2D eigenvalue weighted by atomic mass is 9.86. The Bertz CT molecular complexity index is 467. The van der Waals surface area contributed by atoms with E-state index < -0.39 is 5.54 Å². The van der Waals surface area contributed by atoms with E-state index in [4.69, 9.17) is 0 Å². The molecule has 2 aliphatic rings. The Morgan fingerprint density at radius 2 is 2.14 bits per heavy atom. The van der Waals surface area contributed by atoms with Crippen LogP contribution in [0.5, 0.6) is 0 Å². The van der Waals surface area contributed by atoms with E-state index in [1.807, 2.05) is 16.9 Å². The highest BCUT2D eigenvalue weighted by molar-refractivity contribution is 5.85. The van der Waals surface area contributed by atoms with Crippen molar-refractivity contribution in [1.29, 1.82) is 0 Å². The van der Waals surface area contributed by atoms with Gasteiger partial charge in [-0.25, -0.2) is 0 Å². The first kappa shape index (κ1) is 17.3. The van der Waals surface area contributed by atoms with E-state index in [1.54, 1.807) is 6.20 Å². The molecular formula is C16H27ClN4O. The van der Waals surface area contributed by atoms with Gasteiger partial charge in [-0.1, -0.05) is 6.92 Å². The number of hydrogen-bond donors (Lipinski definition) is 1. The third kappa shape index (κ3) is 3.46. The standard InChI is InChI=1S/C16H26N4O.ClH/c1-2-11-19(13-14-4-5-14)15(21)16(6-9-17-10-7-16)20-12-3-8-18-20;/h3,8,12,14,17H,2,4-7,9-11,13H2,1H3;1H. The molecule has 6 heteroatoms. The smallest absolute Gasteiger partial charge is 0.250 e. The van der Waals surface area contributed by atoms with Crippen molar-refractivity contribution in [2.75, 3.05) is 26.2 Å². The van der Waals surface area contributed by atoms with Crippen LogP contribution < -0.4 is 5.32 Å². The minimum atomic E-state index is -0.473. The zero-order chi connectivity index (χ0) is 14.7. The summed E-state index contributed by atoms with van der Waals surface area (Å²) in [7, 11) is 0. The molecule has 0 atom stereocenters. The second-order valence-electron chi connectivity index (χ2n) is 6.43. The summed E-state index contributed by atoms with van der Waals surface area (Å²) in [5.41, 5.74) is -0.473. The van der Waals surface area contributed by atoms with Crippen LogP contribution in [0.1, 0.15) is 39.0 Å². The quantitative estimate of drug-likeness (QED) is 0.870. The van der Waals surface area contributed by atoms with Crippen LogP contribution in [-0.2, 0) is 10.3 Å². The summed E-state index contributed by atoms with van der Waals surface area (Å²) < 4.78 is 1.91. The number of hydrogen-bond acceptors (Lipinski definition) is 3. The fraction of sp³-hybridized carbons (Fsp3) is 0.750. The van der Waals surface area contributed by atoms with E-state index in [2.05, 4.69) is 22.2 Å². The van der Waals surface area contributed by atoms with Crippen molar-refractivity contribution in [3.05, 3.63) is 18.5 Å². The molecule has 124 valence electrons. The van der Waals surface area contributed by atoms with E-state index in [1.165, 1.54) is 12.8 Å². The fourth-order valence-corrected chi connectivity index (χ4v) is 3.36. The van der Waals surface area contributed by atoms with E-state index in [9.17, 15) is 4.79 Å². The number of carbonyl (C=O) groups excluding carboxylic acids is 1. The van der Waals surface area contributed by atoms with Crippen LogP contribution in [0.25, 0.3) is 0 Å². The second-order valence-corrected chi connectivity index (χ2v) is 6.43. The van der Waals surface area contributed by atoms with Crippen molar-refractivity contribution in [1.82, 2.24) is 20.0 Å². The van der Waals surface area contributed by atoms with Gasteiger partial charge in [0.25, 0.3) is 5.91 Å². The largest absolute Gasteiger partial charge is 0.340 e. The lowest BCUT2D eigenvalue weighted by Crippen LogP contribution is -2.56. The Labute approximate surface area is 138 Å². The van der Waals surface area contributed by atoms with E-state index in [-0.39, 0.29) is 18.3 Å². The maximum Gasteiger partial charge on any atom is 0.250 e. The molecule has 5 nitrogen and oxygen atoms in total. The summed E-state index contributed by atoms with van der Waals surface area (Å²) in [5, 5.41) is 7.78. The number of amides is 1. The average Bonchev–Trinajstić information content (AvgIpc) is 3.16. The molecule has 1 aliphatic carbocycles. The summed E-state index contributed by atoms with van der Waals surface area (Å²) in [6.07, 6.45) is 8.98. The van der Waals surface area contributed by atoms with Crippen molar-refractivity contribution < 1.29 is 4.79 Å². The monoisotopic (exact) mass is 326 g/mol. The molecule has 0 bridgehead atoms. The average molecular weight is 327 g/mol. The Morgan fingerprint density at radius 1 is 1.41 bits per heavy atom. The van der Waals surface area contributed by atoms with Crippen LogP contribution in [0.15, 0.2) is 18.5 Å². The number of piperidine rings is 1. The molecule has 1 N–H and O–H groups in total. The van der Waals surface area contributed by atoms with Gasteiger partial charge in [0.1, 0.15) is 5.54 Å². The van der Waals surface area contributed by atoms with Gasteiger partial charge in [0.15, 0.2) is 0 Å². The van der Waals surface area contributed by atoms with Crippen molar-refractivity contribution in [2.45, 2.75) is 44.6 Å². The normalized spacial score (nSPS) is 20.2. The van der Waals surface area contributed by atoms with Crippen LogP contribution >= 0.6 is 12.4 Å². The first-order valence-corrected chi connectivity index (χ1v) is 8.26. The molecule has 1 aromatic heterocycles. The Balaban J connectivity index is 0.00000176. The third-order valence-corrected chi connectivity index (χ3v) is 4.73. The maximum atomic E-state index is 13.3. The molecular weight excluding hydrogens is 300 g/mol. The highest BCUT2D eigenvalue weighted by atomic mass is 35.5. The van der Waals surface area contributed by atoms with Gasteiger partial charge in [0.2, 0.25) is 0 Å². The molecule has 2 fully saturated rings. The molecule has 1 amide bonds. The van der Waals surface area contributed by atoms with Gasteiger partial charge < -0.3 is 10.2 Å². The molecule has 1 aliphatic heterocycles. The molecule has 1 saturated carbocycles. The molecule has 3 rings (SSSR count). The van der Waals surface area contributed by atoms with Crippen LogP contribution in [0.4, 0.5) is 0 Å². The zero-order valence-corrected chi connectivity index (χ0v) is 14.1. The van der Waals surface area contributed by atoms with E-state index in [0.29, 0.717) is 0 Å².